The van der Waals surface area contributed by atoms with E-state index in [1.54, 1.807) is 0 Å². The smallest absolute Gasteiger partial charge is 0.0389 e. The molecule has 0 aromatic heterocycles. The van der Waals surface area contributed by atoms with Crippen molar-refractivity contribution in [1.82, 2.24) is 0 Å². The van der Waals surface area contributed by atoms with Crippen LogP contribution in [0.5, 0.6) is 0 Å². The van der Waals surface area contributed by atoms with E-state index < -0.39 is 0 Å². The zero-order chi connectivity index (χ0) is 7.94. The van der Waals surface area contributed by atoms with Crippen LogP contribution in [-0.4, -0.2) is 12.8 Å². The van der Waals surface area contributed by atoms with Crippen molar-refractivity contribution in [1.29, 1.82) is 0 Å². The zero-order valence-corrected chi connectivity index (χ0v) is 6.53. The molecule has 0 saturated carbocycles. The van der Waals surface area contributed by atoms with Gasteiger partial charge in [0.05, 0.1) is 0 Å². The Kier molecular flexibility index (Phi) is 3.39. The van der Waals surface area contributed by atoms with E-state index in [9.17, 15) is 0 Å². The topological polar surface area (TPSA) is 12.4 Å². The number of aliphatic imine (C=N–C) groups is 1. The summed E-state index contributed by atoms with van der Waals surface area (Å²) in [4.78, 5) is 4.17. The van der Waals surface area contributed by atoms with E-state index in [1.165, 1.54) is 0 Å². The number of nitrogens with zero attached hydrogens (tertiary/aromatic N) is 1. The summed E-state index contributed by atoms with van der Waals surface area (Å²) in [7, 11) is 0. The summed E-state index contributed by atoms with van der Waals surface area (Å²) in [5.74, 6) is 0. The van der Waals surface area contributed by atoms with Crippen molar-refractivity contribution in [2.45, 2.75) is 6.42 Å². The van der Waals surface area contributed by atoms with Gasteiger partial charge >= 0.3 is 0 Å². The molecule has 1 aromatic carbocycles. The van der Waals surface area contributed by atoms with Crippen molar-refractivity contribution >= 4 is 6.21 Å². The van der Waals surface area contributed by atoms with Gasteiger partial charge in [0.1, 0.15) is 0 Å². The quantitative estimate of drug-likeness (QED) is 0.580. The van der Waals surface area contributed by atoms with Gasteiger partial charge in [-0.1, -0.05) is 37.3 Å². The second-order valence-corrected chi connectivity index (χ2v) is 2.30. The molecule has 1 aromatic rings. The lowest BCUT2D eigenvalue weighted by Gasteiger charge is -1.89. The Bertz CT molecular complexity index is 214. The Morgan fingerprint density at radius 1 is 1.27 bits per heavy atom. The first kappa shape index (κ1) is 7.99. The molecule has 0 spiro atoms. The van der Waals surface area contributed by atoms with Crippen LogP contribution in [0.15, 0.2) is 35.3 Å². The fourth-order valence-corrected chi connectivity index (χ4v) is 0.800. The summed E-state index contributed by atoms with van der Waals surface area (Å²) >= 11 is 0. The highest BCUT2D eigenvalue weighted by Gasteiger charge is 1.81. The van der Waals surface area contributed by atoms with Crippen LogP contribution in [0, 0.1) is 6.92 Å². The third-order valence-electron chi connectivity index (χ3n) is 1.33. The lowest BCUT2D eigenvalue weighted by molar-refractivity contribution is 1.01. The molecule has 1 radical (unpaired) electrons. The molecular formula is C10H12N. The molecule has 0 amide bonds. The average Bonchev–Trinajstić information content (AvgIpc) is 2.07. The average molecular weight is 146 g/mol. The predicted octanol–water partition coefficient (Wildman–Crippen LogP) is 2.33. The normalized spacial score (nSPS) is 10.6. The van der Waals surface area contributed by atoms with Gasteiger partial charge in [-0.3, -0.25) is 4.99 Å². The second kappa shape index (κ2) is 4.67. The van der Waals surface area contributed by atoms with E-state index in [2.05, 4.69) is 11.9 Å². The van der Waals surface area contributed by atoms with Crippen molar-refractivity contribution < 1.29 is 0 Å². The van der Waals surface area contributed by atoms with Gasteiger partial charge in [-0.2, -0.15) is 0 Å². The van der Waals surface area contributed by atoms with Crippen LogP contribution in [-0.2, 0) is 0 Å². The van der Waals surface area contributed by atoms with Crippen LogP contribution in [0.3, 0.4) is 0 Å². The highest BCUT2D eigenvalue weighted by atomic mass is 14.7. The summed E-state index contributed by atoms with van der Waals surface area (Å²) in [5, 5.41) is 0. The molecule has 0 atom stereocenters. The van der Waals surface area contributed by atoms with Crippen molar-refractivity contribution in [2.24, 2.45) is 4.99 Å². The summed E-state index contributed by atoms with van der Waals surface area (Å²) in [6.07, 6.45) is 2.74. The minimum atomic E-state index is 0.814. The van der Waals surface area contributed by atoms with Crippen LogP contribution in [0.4, 0.5) is 0 Å². The highest BCUT2D eigenvalue weighted by Crippen LogP contribution is 1.93. The molecule has 0 bridgehead atoms. The van der Waals surface area contributed by atoms with Crippen LogP contribution in [0.2, 0.25) is 0 Å². The van der Waals surface area contributed by atoms with Crippen LogP contribution < -0.4 is 0 Å². The molecule has 1 rings (SSSR count). The van der Waals surface area contributed by atoms with Gasteiger partial charge in [0.2, 0.25) is 0 Å². The van der Waals surface area contributed by atoms with Crippen LogP contribution in [0.25, 0.3) is 0 Å². The molecule has 0 N–H and O–H groups in total. The molecule has 0 unspecified atom stereocenters. The Balaban J connectivity index is 2.50. The van der Waals surface area contributed by atoms with E-state index in [-0.39, 0.29) is 0 Å². The van der Waals surface area contributed by atoms with Gasteiger partial charge in [0.25, 0.3) is 0 Å². The maximum Gasteiger partial charge on any atom is 0.0389 e. The first-order chi connectivity index (χ1) is 5.43. The van der Waals surface area contributed by atoms with Gasteiger partial charge in [-0.15, -0.1) is 0 Å². The fourth-order valence-electron chi connectivity index (χ4n) is 0.800. The van der Waals surface area contributed by atoms with Crippen LogP contribution >= 0.6 is 0 Å². The van der Waals surface area contributed by atoms with E-state index >= 15 is 0 Å². The molecule has 0 heterocycles. The summed E-state index contributed by atoms with van der Waals surface area (Å²) < 4.78 is 0. The minimum absolute atomic E-state index is 0.814. The summed E-state index contributed by atoms with van der Waals surface area (Å²) in [6.45, 7) is 4.52. The third-order valence-corrected chi connectivity index (χ3v) is 1.33. The Hall–Kier alpha value is -1.11. The van der Waals surface area contributed by atoms with Gasteiger partial charge in [0, 0.05) is 12.8 Å². The van der Waals surface area contributed by atoms with Gasteiger partial charge in [0.15, 0.2) is 0 Å². The number of hydrogen-bond donors (Lipinski definition) is 0. The SMILES string of the molecule is [CH2]CCN=Cc1ccccc1. The summed E-state index contributed by atoms with van der Waals surface area (Å²) in [5.41, 5.74) is 1.15. The molecule has 0 fully saturated rings. The van der Waals surface area contributed by atoms with Crippen molar-refractivity contribution in [3.8, 4) is 0 Å². The van der Waals surface area contributed by atoms with Gasteiger partial charge in [-0.25, -0.2) is 0 Å². The lowest BCUT2D eigenvalue weighted by Crippen LogP contribution is -1.81. The van der Waals surface area contributed by atoms with E-state index in [4.69, 9.17) is 0 Å². The highest BCUT2D eigenvalue weighted by molar-refractivity contribution is 5.79. The molecule has 1 heteroatoms. The fraction of sp³-hybridized carbons (Fsp3) is 0.200. The van der Waals surface area contributed by atoms with E-state index in [1.807, 2.05) is 36.5 Å². The molecular weight excluding hydrogens is 134 g/mol. The number of benzene rings is 1. The van der Waals surface area contributed by atoms with E-state index in [0.29, 0.717) is 0 Å². The molecule has 0 saturated heterocycles. The van der Waals surface area contributed by atoms with Gasteiger partial charge in [-0.05, 0) is 12.0 Å². The number of hydrogen-bond acceptors (Lipinski definition) is 1. The minimum Gasteiger partial charge on any atom is -0.293 e. The van der Waals surface area contributed by atoms with Crippen molar-refractivity contribution in [3.63, 3.8) is 0 Å². The molecule has 0 aliphatic rings. The maximum absolute atomic E-state index is 4.17. The monoisotopic (exact) mass is 146 g/mol. The molecule has 11 heavy (non-hydrogen) atoms. The second-order valence-electron chi connectivity index (χ2n) is 2.30. The molecule has 57 valence electrons. The molecule has 0 aliphatic heterocycles. The summed E-state index contributed by atoms with van der Waals surface area (Å²) in [6, 6.07) is 10.1. The first-order valence-electron chi connectivity index (χ1n) is 3.77. The molecule has 1 nitrogen and oxygen atoms in total. The third kappa shape index (κ3) is 2.99. The molecule has 0 aliphatic carbocycles. The lowest BCUT2D eigenvalue weighted by atomic mass is 10.2. The number of rotatable bonds is 3. The van der Waals surface area contributed by atoms with Crippen molar-refractivity contribution in [2.75, 3.05) is 6.54 Å². The maximum atomic E-state index is 4.17. The van der Waals surface area contributed by atoms with Crippen molar-refractivity contribution in [3.05, 3.63) is 42.8 Å². The zero-order valence-electron chi connectivity index (χ0n) is 6.53. The predicted molar refractivity (Wildman–Crippen MR) is 48.9 cm³/mol. The Morgan fingerprint density at radius 2 is 2.00 bits per heavy atom. The Labute approximate surface area is 67.8 Å². The standard InChI is InChI=1S/C10H12N/c1-2-8-11-9-10-6-4-3-5-7-10/h3-7,9H,1-2,8H2. The van der Waals surface area contributed by atoms with Gasteiger partial charge < -0.3 is 0 Å². The first-order valence-corrected chi connectivity index (χ1v) is 3.77. The van der Waals surface area contributed by atoms with Crippen LogP contribution in [0.1, 0.15) is 12.0 Å². The van der Waals surface area contributed by atoms with E-state index in [0.717, 1.165) is 18.5 Å². The largest absolute Gasteiger partial charge is 0.293 e. The Morgan fingerprint density at radius 3 is 2.64 bits per heavy atom.